The highest BCUT2D eigenvalue weighted by molar-refractivity contribution is 5.92. The minimum absolute atomic E-state index is 0.124. The third-order valence-electron chi connectivity index (χ3n) is 6.22. The van der Waals surface area contributed by atoms with E-state index in [2.05, 4.69) is 15.5 Å². The average molecular weight is 430 g/mol. The summed E-state index contributed by atoms with van der Waals surface area (Å²) in [6, 6.07) is 6.75. The fraction of sp³-hybridized carbons (Fsp3) is 0.435. The van der Waals surface area contributed by atoms with Crippen molar-refractivity contribution in [2.75, 3.05) is 5.32 Å². The molecule has 0 spiro atoms. The lowest BCUT2D eigenvalue weighted by Gasteiger charge is -2.20. The predicted octanol–water partition coefficient (Wildman–Crippen LogP) is 5.49. The van der Waals surface area contributed by atoms with Crippen LogP contribution in [0.5, 0.6) is 0 Å². The molecule has 1 aliphatic rings. The molecule has 1 fully saturated rings. The number of anilines is 1. The van der Waals surface area contributed by atoms with Crippen LogP contribution in [0.1, 0.15) is 67.1 Å². The number of nitrogens with one attached hydrogen (secondary N) is 1. The number of rotatable bonds is 4. The highest BCUT2D eigenvalue weighted by Gasteiger charge is 2.31. The van der Waals surface area contributed by atoms with Crippen LogP contribution < -0.4 is 10.9 Å². The van der Waals surface area contributed by atoms with Crippen LogP contribution in [0.4, 0.5) is 19.0 Å². The van der Waals surface area contributed by atoms with Crippen molar-refractivity contribution in [2.24, 2.45) is 7.05 Å². The van der Waals surface area contributed by atoms with Crippen molar-refractivity contribution in [2.45, 2.75) is 57.7 Å². The second-order valence-corrected chi connectivity index (χ2v) is 8.33. The summed E-state index contributed by atoms with van der Waals surface area (Å²) in [4.78, 5) is 13.1. The molecule has 0 amide bonds. The first-order chi connectivity index (χ1) is 14.7. The zero-order valence-electron chi connectivity index (χ0n) is 17.8. The number of pyridine rings is 1. The van der Waals surface area contributed by atoms with Gasteiger partial charge in [-0.15, -0.1) is 5.10 Å². The lowest BCUT2D eigenvalue weighted by molar-refractivity contribution is -0.137. The molecular weight excluding hydrogens is 405 g/mol. The molecule has 1 aromatic carbocycles. The van der Waals surface area contributed by atoms with Gasteiger partial charge >= 0.3 is 6.18 Å². The van der Waals surface area contributed by atoms with Crippen molar-refractivity contribution in [1.82, 2.24) is 14.8 Å². The standard InChI is InChI=1S/C23H25F3N4O/c1-13(16-9-6-10-17(11-16)23(24,25)26)27-21-18-12-19(15-7-4-5-8-15)30(3)22(31)20(18)14(2)28-29-21/h6,9-13,15H,4-5,7-8H2,1-3H3,(H,27,29)/t13-/m1/s1. The van der Waals surface area contributed by atoms with Gasteiger partial charge in [-0.1, -0.05) is 25.0 Å². The summed E-state index contributed by atoms with van der Waals surface area (Å²) in [6.07, 6.45) is -0.0434. The van der Waals surface area contributed by atoms with Crippen molar-refractivity contribution in [1.29, 1.82) is 0 Å². The van der Waals surface area contributed by atoms with Crippen molar-refractivity contribution in [3.05, 3.63) is 63.2 Å². The maximum absolute atomic E-state index is 13.1. The van der Waals surface area contributed by atoms with Crippen LogP contribution in [0.3, 0.4) is 0 Å². The molecule has 0 radical (unpaired) electrons. The molecule has 0 saturated heterocycles. The Morgan fingerprint density at radius 1 is 1.16 bits per heavy atom. The fourth-order valence-corrected chi connectivity index (χ4v) is 4.47. The molecule has 4 rings (SSSR count). The van der Waals surface area contributed by atoms with E-state index >= 15 is 0 Å². The summed E-state index contributed by atoms with van der Waals surface area (Å²) >= 11 is 0. The third kappa shape index (κ3) is 4.03. The Morgan fingerprint density at radius 3 is 2.55 bits per heavy atom. The number of halogens is 3. The topological polar surface area (TPSA) is 59.8 Å². The predicted molar refractivity (Wildman–Crippen MR) is 114 cm³/mol. The molecule has 2 heterocycles. The number of benzene rings is 1. The van der Waals surface area contributed by atoms with Gasteiger partial charge in [-0.05, 0) is 56.4 Å². The third-order valence-corrected chi connectivity index (χ3v) is 6.22. The van der Waals surface area contributed by atoms with Gasteiger partial charge in [0.25, 0.3) is 5.56 Å². The van der Waals surface area contributed by atoms with E-state index in [1.165, 1.54) is 6.07 Å². The quantitative estimate of drug-likeness (QED) is 0.595. The Hall–Kier alpha value is -2.90. The molecule has 0 bridgehead atoms. The van der Waals surface area contributed by atoms with E-state index in [4.69, 9.17) is 0 Å². The largest absolute Gasteiger partial charge is 0.416 e. The molecule has 164 valence electrons. The van der Waals surface area contributed by atoms with E-state index in [1.54, 1.807) is 31.5 Å². The minimum Gasteiger partial charge on any atom is -0.362 e. The molecule has 3 aromatic rings. The Kier molecular flexibility index (Phi) is 5.49. The molecule has 2 aromatic heterocycles. The lowest BCUT2D eigenvalue weighted by Crippen LogP contribution is -2.24. The SMILES string of the molecule is Cc1nnc(N[C@H](C)c2cccc(C(F)(F)F)c2)c2cc(C3CCCC3)n(C)c(=O)c12. The molecule has 31 heavy (non-hydrogen) atoms. The first kappa shape index (κ1) is 21.3. The summed E-state index contributed by atoms with van der Waals surface area (Å²) in [5.74, 6) is 0.728. The Bertz CT molecular complexity index is 1180. The number of aryl methyl sites for hydroxylation is 1. The lowest BCUT2D eigenvalue weighted by atomic mass is 10.00. The van der Waals surface area contributed by atoms with Crippen LogP contribution in [-0.4, -0.2) is 14.8 Å². The molecule has 8 heteroatoms. The van der Waals surface area contributed by atoms with Gasteiger partial charge in [0.05, 0.1) is 22.7 Å². The average Bonchev–Trinajstić information content (AvgIpc) is 3.26. The highest BCUT2D eigenvalue weighted by atomic mass is 19.4. The van der Waals surface area contributed by atoms with Crippen molar-refractivity contribution in [3.63, 3.8) is 0 Å². The number of hydrogen-bond donors (Lipinski definition) is 1. The Balaban J connectivity index is 1.77. The Labute approximate surface area is 178 Å². The maximum atomic E-state index is 13.1. The van der Waals surface area contributed by atoms with Crippen LogP contribution in [0.2, 0.25) is 0 Å². The summed E-state index contributed by atoms with van der Waals surface area (Å²) < 4.78 is 41.0. The number of nitrogens with zero attached hydrogens (tertiary/aromatic N) is 3. The van der Waals surface area contributed by atoms with Gasteiger partial charge in [-0.25, -0.2) is 0 Å². The molecule has 0 aliphatic heterocycles. The van der Waals surface area contributed by atoms with Crippen LogP contribution in [0.25, 0.3) is 10.8 Å². The van der Waals surface area contributed by atoms with E-state index in [-0.39, 0.29) is 5.56 Å². The van der Waals surface area contributed by atoms with Gasteiger partial charge in [-0.2, -0.15) is 18.3 Å². The molecule has 5 nitrogen and oxygen atoms in total. The molecule has 1 saturated carbocycles. The van der Waals surface area contributed by atoms with E-state index < -0.39 is 17.8 Å². The van der Waals surface area contributed by atoms with Gasteiger partial charge in [0.1, 0.15) is 0 Å². The van der Waals surface area contributed by atoms with E-state index in [0.29, 0.717) is 33.8 Å². The summed E-state index contributed by atoms with van der Waals surface area (Å²) in [5.41, 5.74) is 1.16. The van der Waals surface area contributed by atoms with Gasteiger partial charge in [0.15, 0.2) is 5.82 Å². The van der Waals surface area contributed by atoms with Gasteiger partial charge in [-0.3, -0.25) is 4.79 Å². The van der Waals surface area contributed by atoms with Gasteiger partial charge in [0, 0.05) is 18.1 Å². The number of aromatic nitrogens is 3. The monoisotopic (exact) mass is 430 g/mol. The number of hydrogen-bond acceptors (Lipinski definition) is 4. The molecule has 1 atom stereocenters. The van der Waals surface area contributed by atoms with Gasteiger partial charge < -0.3 is 9.88 Å². The first-order valence-electron chi connectivity index (χ1n) is 10.5. The normalized spacial score (nSPS) is 16.1. The first-order valence-corrected chi connectivity index (χ1v) is 10.5. The second kappa shape index (κ2) is 7.98. The zero-order valence-corrected chi connectivity index (χ0v) is 17.8. The van der Waals surface area contributed by atoms with Crippen LogP contribution in [0, 0.1) is 6.92 Å². The summed E-state index contributed by atoms with van der Waals surface area (Å²) in [6.45, 7) is 3.51. The van der Waals surface area contributed by atoms with Crippen LogP contribution in [-0.2, 0) is 13.2 Å². The smallest absolute Gasteiger partial charge is 0.362 e. The fourth-order valence-electron chi connectivity index (χ4n) is 4.47. The molecule has 0 unspecified atom stereocenters. The summed E-state index contributed by atoms with van der Waals surface area (Å²) in [5, 5.41) is 12.7. The molecule has 1 N–H and O–H groups in total. The minimum atomic E-state index is -4.41. The van der Waals surface area contributed by atoms with E-state index in [0.717, 1.165) is 43.5 Å². The second-order valence-electron chi connectivity index (χ2n) is 8.33. The van der Waals surface area contributed by atoms with Gasteiger partial charge in [0.2, 0.25) is 0 Å². The number of fused-ring (bicyclic) bond motifs is 1. The van der Waals surface area contributed by atoms with Crippen LogP contribution >= 0.6 is 0 Å². The van der Waals surface area contributed by atoms with E-state index in [9.17, 15) is 18.0 Å². The highest BCUT2D eigenvalue weighted by Crippen LogP contribution is 2.36. The van der Waals surface area contributed by atoms with Crippen molar-refractivity contribution < 1.29 is 13.2 Å². The van der Waals surface area contributed by atoms with E-state index in [1.807, 2.05) is 6.07 Å². The molecule has 1 aliphatic carbocycles. The zero-order chi connectivity index (χ0) is 22.3. The molecular formula is C23H25F3N4O. The Morgan fingerprint density at radius 2 is 1.87 bits per heavy atom. The van der Waals surface area contributed by atoms with Crippen molar-refractivity contribution in [3.8, 4) is 0 Å². The van der Waals surface area contributed by atoms with Crippen molar-refractivity contribution >= 4 is 16.6 Å². The summed E-state index contributed by atoms with van der Waals surface area (Å²) in [7, 11) is 1.79. The van der Waals surface area contributed by atoms with Crippen LogP contribution in [0.15, 0.2) is 35.1 Å². The maximum Gasteiger partial charge on any atom is 0.416 e. The number of alkyl halides is 3.